The van der Waals surface area contributed by atoms with Gasteiger partial charge in [0.1, 0.15) is 28.3 Å². The average Bonchev–Trinajstić information content (AvgIpc) is 3.10. The zero-order chi connectivity index (χ0) is 40.2. The van der Waals surface area contributed by atoms with Crippen molar-refractivity contribution in [2.24, 2.45) is 5.73 Å². The van der Waals surface area contributed by atoms with Crippen molar-refractivity contribution in [3.63, 3.8) is 0 Å². The minimum atomic E-state index is -5.64. The van der Waals surface area contributed by atoms with Gasteiger partial charge in [-0.1, -0.05) is 47.8 Å². The van der Waals surface area contributed by atoms with E-state index >= 15 is 0 Å². The fourth-order valence-corrected chi connectivity index (χ4v) is 8.20. The maximum absolute atomic E-state index is 14.2. The Labute approximate surface area is 322 Å². The number of ether oxygens (including phenoxy) is 1. The number of nitrogens with zero attached hydrogens (tertiary/aromatic N) is 5. The second kappa shape index (κ2) is 17.4. The lowest BCUT2D eigenvalue weighted by Gasteiger charge is -2.41. The normalized spacial score (nSPS) is 14.8. The largest absolute Gasteiger partial charge is 0.492 e. The number of benzene rings is 2. The SMILES string of the molecule is Cc1ccc2cccc(OCc3c(Cl)ccc(S(=O)(=O)N(OC(=O)C(F)(F)F)C(C)(C)C(=O)N4CCN(C(=O)[C@@H](N)CCCCN(C)C)CC4)c3Cl)c2n1. The number of hydrogen-bond donors (Lipinski definition) is 1. The molecule has 0 spiro atoms. The molecule has 4 rings (SSSR count). The molecule has 1 atom stereocenters. The van der Waals surface area contributed by atoms with Crippen LogP contribution in [-0.2, 0) is 35.9 Å². The molecular formula is C35H43Cl2F3N6O7S. The molecule has 2 heterocycles. The van der Waals surface area contributed by atoms with E-state index in [-0.39, 0.29) is 47.1 Å². The molecule has 1 aliphatic rings. The van der Waals surface area contributed by atoms with Gasteiger partial charge in [-0.15, -0.1) is 0 Å². The van der Waals surface area contributed by atoms with Gasteiger partial charge < -0.3 is 30.0 Å². The maximum atomic E-state index is 14.2. The van der Waals surface area contributed by atoms with E-state index in [9.17, 15) is 36.0 Å². The van der Waals surface area contributed by atoms with Crippen molar-refractivity contribution in [1.29, 1.82) is 0 Å². The third-order valence-electron chi connectivity index (χ3n) is 8.78. The monoisotopic (exact) mass is 818 g/mol. The predicted molar refractivity (Wildman–Crippen MR) is 196 cm³/mol. The number of alkyl halides is 3. The van der Waals surface area contributed by atoms with Crippen molar-refractivity contribution in [3.05, 3.63) is 63.8 Å². The molecule has 0 saturated carbocycles. The van der Waals surface area contributed by atoms with Crippen molar-refractivity contribution in [2.75, 3.05) is 46.8 Å². The maximum Gasteiger partial charge on any atom is 0.492 e. The van der Waals surface area contributed by atoms with Crippen LogP contribution in [0.5, 0.6) is 5.75 Å². The van der Waals surface area contributed by atoms with Gasteiger partial charge in [0.05, 0.1) is 11.1 Å². The summed E-state index contributed by atoms with van der Waals surface area (Å²) in [5.41, 5.74) is 4.82. The summed E-state index contributed by atoms with van der Waals surface area (Å²) in [5.74, 6) is -3.91. The van der Waals surface area contributed by atoms with Crippen LogP contribution < -0.4 is 10.5 Å². The Hall–Kier alpha value is -3.74. The third kappa shape index (κ3) is 9.92. The number of rotatable bonds is 14. The van der Waals surface area contributed by atoms with E-state index in [2.05, 4.69) is 9.82 Å². The zero-order valence-electron chi connectivity index (χ0n) is 30.5. The summed E-state index contributed by atoms with van der Waals surface area (Å²) >= 11 is 13.0. The molecule has 296 valence electrons. The number of piperazine rings is 1. The number of nitrogens with two attached hydrogens (primary N) is 1. The van der Waals surface area contributed by atoms with Gasteiger partial charge in [-0.3, -0.25) is 9.59 Å². The van der Waals surface area contributed by atoms with Gasteiger partial charge in [-0.05, 0) is 83.0 Å². The first-order valence-corrected chi connectivity index (χ1v) is 19.1. The van der Waals surface area contributed by atoms with Crippen LogP contribution in [0.1, 0.15) is 44.4 Å². The molecule has 0 bridgehead atoms. The smallest absolute Gasteiger partial charge is 0.487 e. The van der Waals surface area contributed by atoms with Crippen LogP contribution in [0.3, 0.4) is 0 Å². The number of hydrogen-bond acceptors (Lipinski definition) is 10. The van der Waals surface area contributed by atoms with Crippen molar-refractivity contribution in [2.45, 2.75) is 69.3 Å². The van der Waals surface area contributed by atoms with Gasteiger partial charge in [-0.25, -0.2) is 18.2 Å². The van der Waals surface area contributed by atoms with Crippen molar-refractivity contribution in [3.8, 4) is 5.75 Å². The number of carbonyl (C=O) groups is 3. The van der Waals surface area contributed by atoms with E-state index < -0.39 is 56.2 Å². The Bertz CT molecular complexity index is 1980. The van der Waals surface area contributed by atoms with Gasteiger partial charge in [-0.2, -0.15) is 13.2 Å². The Kier molecular flexibility index (Phi) is 13.8. The molecule has 3 aromatic rings. The topological polar surface area (TPSA) is 156 Å². The van der Waals surface area contributed by atoms with E-state index in [0.717, 1.165) is 50.8 Å². The minimum absolute atomic E-state index is 0.0271. The number of fused-ring (bicyclic) bond motifs is 1. The Morgan fingerprint density at radius 2 is 1.63 bits per heavy atom. The molecule has 13 nitrogen and oxygen atoms in total. The number of halogens is 5. The van der Waals surface area contributed by atoms with Crippen LogP contribution in [0.15, 0.2) is 47.4 Å². The average molecular weight is 820 g/mol. The highest BCUT2D eigenvalue weighted by Gasteiger charge is 2.53. The van der Waals surface area contributed by atoms with Crippen molar-refractivity contribution in [1.82, 2.24) is 24.2 Å². The highest BCUT2D eigenvalue weighted by molar-refractivity contribution is 7.89. The summed E-state index contributed by atoms with van der Waals surface area (Å²) in [7, 11) is -1.47. The summed E-state index contributed by atoms with van der Waals surface area (Å²) < 4.78 is 74.7. The Balaban J connectivity index is 1.59. The second-order valence-electron chi connectivity index (χ2n) is 13.6. The number of sulfonamides is 1. The fourth-order valence-electron chi connectivity index (χ4n) is 5.82. The van der Waals surface area contributed by atoms with E-state index in [1.165, 1.54) is 9.80 Å². The van der Waals surface area contributed by atoms with Crippen LogP contribution in [0, 0.1) is 6.92 Å². The van der Waals surface area contributed by atoms with Crippen LogP contribution >= 0.6 is 23.2 Å². The quantitative estimate of drug-likeness (QED) is 0.175. The van der Waals surface area contributed by atoms with Crippen LogP contribution in [0.25, 0.3) is 10.9 Å². The van der Waals surface area contributed by atoms with E-state index in [1.807, 2.05) is 37.2 Å². The first-order valence-electron chi connectivity index (χ1n) is 16.9. The van der Waals surface area contributed by atoms with Crippen molar-refractivity contribution >= 4 is 61.9 Å². The number of amides is 2. The first kappa shape index (κ1) is 43.0. The van der Waals surface area contributed by atoms with E-state index in [1.54, 1.807) is 19.1 Å². The Morgan fingerprint density at radius 1 is 0.981 bits per heavy atom. The van der Waals surface area contributed by atoms with Gasteiger partial charge in [0.25, 0.3) is 10.0 Å². The number of para-hydroxylation sites is 1. The van der Waals surface area contributed by atoms with Gasteiger partial charge in [0.2, 0.25) is 11.8 Å². The lowest BCUT2D eigenvalue weighted by atomic mass is 10.0. The van der Waals surface area contributed by atoms with Crippen LogP contribution in [0.2, 0.25) is 10.0 Å². The summed E-state index contributed by atoms with van der Waals surface area (Å²) in [4.78, 5) is 51.9. The van der Waals surface area contributed by atoms with Gasteiger partial charge >= 0.3 is 12.1 Å². The predicted octanol–water partition coefficient (Wildman–Crippen LogP) is 4.95. The number of carbonyl (C=O) groups excluding carboxylic acids is 3. The molecule has 0 unspecified atom stereocenters. The summed E-state index contributed by atoms with van der Waals surface area (Å²) in [5, 5.41) is 0.162. The number of pyridine rings is 1. The summed E-state index contributed by atoms with van der Waals surface area (Å²) in [6.45, 7) is 4.05. The fraction of sp³-hybridized carbons (Fsp3) is 0.486. The molecule has 1 aromatic heterocycles. The number of hydroxylamine groups is 1. The molecule has 0 radical (unpaired) electrons. The zero-order valence-corrected chi connectivity index (χ0v) is 32.8. The number of aromatic nitrogens is 1. The van der Waals surface area contributed by atoms with Gasteiger partial charge in [0.15, 0.2) is 0 Å². The van der Waals surface area contributed by atoms with E-state index in [4.69, 9.17) is 33.7 Å². The minimum Gasteiger partial charge on any atom is -0.487 e. The summed E-state index contributed by atoms with van der Waals surface area (Å²) in [6, 6.07) is 10.1. The molecule has 54 heavy (non-hydrogen) atoms. The first-order chi connectivity index (χ1) is 25.2. The molecule has 1 fully saturated rings. The summed E-state index contributed by atoms with van der Waals surface area (Å²) in [6.07, 6.45) is -3.61. The lowest BCUT2D eigenvalue weighted by molar-refractivity contribution is -0.233. The van der Waals surface area contributed by atoms with E-state index in [0.29, 0.717) is 23.4 Å². The highest BCUT2D eigenvalue weighted by Crippen LogP contribution is 2.37. The highest BCUT2D eigenvalue weighted by atomic mass is 35.5. The van der Waals surface area contributed by atoms with Crippen molar-refractivity contribution < 1.29 is 45.5 Å². The second-order valence-corrected chi connectivity index (χ2v) is 16.1. The standard InChI is InChI=1S/C35H43Cl2F3N6O7S/c1-22-12-13-23-9-8-11-27(30(23)42-22)52-21-24-25(36)14-15-28(29(24)37)54(50,51)46(53-33(49)35(38,39)40)34(2,3)32(48)45-19-17-44(18-20-45)31(47)26(41)10-6-7-16-43(4)5/h8-9,11-15,26H,6-7,10,16-21,41H2,1-5H3/t26-/m0/s1. The molecule has 19 heteroatoms. The van der Waals surface area contributed by atoms with Crippen LogP contribution in [0.4, 0.5) is 13.2 Å². The third-order valence-corrected chi connectivity index (χ3v) is 11.5. The molecule has 0 aliphatic carbocycles. The Morgan fingerprint density at radius 3 is 2.26 bits per heavy atom. The van der Waals surface area contributed by atoms with Crippen LogP contribution in [-0.4, -0.2) is 115 Å². The number of aryl methyl sites for hydroxylation is 1. The molecule has 2 aromatic carbocycles. The molecule has 2 amide bonds. The lowest BCUT2D eigenvalue weighted by Crippen LogP contribution is -2.62. The molecule has 1 saturated heterocycles. The molecular weight excluding hydrogens is 776 g/mol. The molecule has 1 aliphatic heterocycles. The van der Waals surface area contributed by atoms with Gasteiger partial charge in [0, 0.05) is 47.8 Å². The molecule has 2 N–H and O–H groups in total. The number of unbranched alkanes of at least 4 members (excludes halogenated alkanes) is 1.